The van der Waals surface area contributed by atoms with Crippen LogP contribution in [0.25, 0.3) is 6.08 Å². The molecule has 2 amide bonds. The van der Waals surface area contributed by atoms with Crippen molar-refractivity contribution < 1.29 is 9.59 Å². The van der Waals surface area contributed by atoms with Gasteiger partial charge in [-0.25, -0.2) is 5.43 Å². The summed E-state index contributed by atoms with van der Waals surface area (Å²) in [5, 5.41) is 6.79. The van der Waals surface area contributed by atoms with E-state index in [0.29, 0.717) is 23.4 Å². The van der Waals surface area contributed by atoms with Crippen LogP contribution < -0.4 is 10.7 Å². The molecule has 25 heavy (non-hydrogen) atoms. The molecule has 128 valence electrons. The molecular formula is C20H21N3O2. The molecule has 5 heteroatoms. The largest absolute Gasteiger partial charge is 0.326 e. The molecule has 0 aliphatic rings. The number of amides is 2. The van der Waals surface area contributed by atoms with E-state index in [1.54, 1.807) is 31.2 Å². The number of rotatable bonds is 6. The quantitative estimate of drug-likeness (QED) is 0.622. The highest BCUT2D eigenvalue weighted by atomic mass is 16.2. The molecule has 0 spiro atoms. The van der Waals surface area contributed by atoms with Crippen LogP contribution in [0.5, 0.6) is 0 Å². The van der Waals surface area contributed by atoms with Gasteiger partial charge in [-0.3, -0.25) is 9.59 Å². The normalized spacial score (nSPS) is 11.4. The molecule has 0 fully saturated rings. The van der Waals surface area contributed by atoms with Crippen LogP contribution in [0.1, 0.15) is 36.2 Å². The van der Waals surface area contributed by atoms with E-state index in [2.05, 4.69) is 15.8 Å². The highest BCUT2D eigenvalue weighted by Gasteiger charge is 2.05. The average molecular weight is 335 g/mol. The van der Waals surface area contributed by atoms with Gasteiger partial charge in [-0.05, 0) is 42.8 Å². The van der Waals surface area contributed by atoms with Crippen molar-refractivity contribution >= 4 is 29.3 Å². The number of hydrazone groups is 1. The fraction of sp³-hybridized carbons (Fsp3) is 0.150. The number of anilines is 1. The molecule has 0 bridgehead atoms. The maximum absolute atomic E-state index is 12.1. The highest BCUT2D eigenvalue weighted by molar-refractivity contribution is 5.99. The molecule has 2 rings (SSSR count). The second kappa shape index (κ2) is 9.17. The molecule has 0 aliphatic carbocycles. The van der Waals surface area contributed by atoms with Crippen LogP contribution >= 0.6 is 0 Å². The van der Waals surface area contributed by atoms with Crippen molar-refractivity contribution in [3.63, 3.8) is 0 Å². The molecule has 0 atom stereocenters. The fourth-order valence-corrected chi connectivity index (χ4v) is 1.98. The lowest BCUT2D eigenvalue weighted by Gasteiger charge is -2.05. The standard InChI is InChI=1S/C20H21N3O2/c1-3-19(24)21-18-13-11-17(12-14-18)20(25)23-22-15(2)9-10-16-7-5-4-6-8-16/h4-14H,3H2,1-2H3,(H,21,24)(H,23,25)/b10-9-,22-15?. The van der Waals surface area contributed by atoms with Crippen molar-refractivity contribution in [2.75, 3.05) is 5.32 Å². The van der Waals surface area contributed by atoms with Crippen molar-refractivity contribution in [1.29, 1.82) is 0 Å². The zero-order valence-electron chi connectivity index (χ0n) is 14.3. The number of carbonyl (C=O) groups is 2. The first-order valence-corrected chi connectivity index (χ1v) is 8.06. The molecule has 2 aromatic rings. The molecule has 0 saturated carbocycles. The van der Waals surface area contributed by atoms with Crippen molar-refractivity contribution in [1.82, 2.24) is 5.43 Å². The van der Waals surface area contributed by atoms with Gasteiger partial charge in [0.05, 0.1) is 5.71 Å². The molecule has 0 aliphatic heterocycles. The van der Waals surface area contributed by atoms with E-state index in [0.717, 1.165) is 5.56 Å². The maximum Gasteiger partial charge on any atom is 0.271 e. The Kier molecular flexibility index (Phi) is 6.65. The molecule has 2 aromatic carbocycles. The molecule has 2 N–H and O–H groups in total. The Morgan fingerprint density at radius 3 is 2.36 bits per heavy atom. The van der Waals surface area contributed by atoms with Gasteiger partial charge in [0.1, 0.15) is 0 Å². The Hall–Kier alpha value is -3.21. The van der Waals surface area contributed by atoms with E-state index in [1.165, 1.54) is 0 Å². The van der Waals surface area contributed by atoms with Gasteiger partial charge >= 0.3 is 0 Å². The summed E-state index contributed by atoms with van der Waals surface area (Å²) in [4.78, 5) is 23.4. The summed E-state index contributed by atoms with van der Waals surface area (Å²) in [5.74, 6) is -0.372. The van der Waals surface area contributed by atoms with Crippen LogP contribution in [0, 0.1) is 0 Å². The lowest BCUT2D eigenvalue weighted by atomic mass is 10.2. The Balaban J connectivity index is 1.92. The fourth-order valence-electron chi connectivity index (χ4n) is 1.98. The van der Waals surface area contributed by atoms with Crippen molar-refractivity contribution in [3.8, 4) is 0 Å². The van der Waals surface area contributed by atoms with Gasteiger partial charge in [0.2, 0.25) is 5.91 Å². The summed E-state index contributed by atoms with van der Waals surface area (Å²) in [6.45, 7) is 3.59. The lowest BCUT2D eigenvalue weighted by Crippen LogP contribution is -2.18. The topological polar surface area (TPSA) is 70.6 Å². The summed E-state index contributed by atoms with van der Waals surface area (Å²) in [5.41, 5.74) is 5.40. The SMILES string of the molecule is CCC(=O)Nc1ccc(C(=O)NN=C(C)/C=C\c2ccccc2)cc1. The maximum atomic E-state index is 12.1. The van der Waals surface area contributed by atoms with E-state index >= 15 is 0 Å². The summed E-state index contributed by atoms with van der Waals surface area (Å²) in [6, 6.07) is 16.5. The summed E-state index contributed by atoms with van der Waals surface area (Å²) < 4.78 is 0. The predicted octanol–water partition coefficient (Wildman–Crippen LogP) is 3.85. The summed E-state index contributed by atoms with van der Waals surface area (Å²) in [7, 11) is 0. The number of benzene rings is 2. The first-order chi connectivity index (χ1) is 12.1. The average Bonchev–Trinajstić information content (AvgIpc) is 2.65. The Morgan fingerprint density at radius 2 is 1.72 bits per heavy atom. The van der Waals surface area contributed by atoms with Crippen molar-refractivity contribution in [2.45, 2.75) is 20.3 Å². The molecule has 0 aromatic heterocycles. The zero-order valence-corrected chi connectivity index (χ0v) is 14.3. The third-order valence-corrected chi connectivity index (χ3v) is 3.40. The lowest BCUT2D eigenvalue weighted by molar-refractivity contribution is -0.115. The van der Waals surface area contributed by atoms with E-state index in [-0.39, 0.29) is 11.8 Å². The summed E-state index contributed by atoms with van der Waals surface area (Å²) >= 11 is 0. The minimum atomic E-state index is -0.305. The number of allylic oxidation sites excluding steroid dienone is 1. The number of hydrogen-bond donors (Lipinski definition) is 2. The Bertz CT molecular complexity index is 778. The van der Waals surface area contributed by atoms with Crippen LogP contribution in [-0.2, 0) is 4.79 Å². The van der Waals surface area contributed by atoms with Gasteiger partial charge in [-0.1, -0.05) is 43.3 Å². The number of nitrogens with one attached hydrogen (secondary N) is 2. The van der Waals surface area contributed by atoms with Gasteiger partial charge in [0.15, 0.2) is 0 Å². The van der Waals surface area contributed by atoms with Crippen LogP contribution in [-0.4, -0.2) is 17.5 Å². The van der Waals surface area contributed by atoms with Crippen LogP contribution in [0.2, 0.25) is 0 Å². The number of nitrogens with zero attached hydrogens (tertiary/aromatic N) is 1. The smallest absolute Gasteiger partial charge is 0.271 e. The monoisotopic (exact) mass is 335 g/mol. The van der Waals surface area contributed by atoms with E-state index < -0.39 is 0 Å². The molecule has 5 nitrogen and oxygen atoms in total. The first-order valence-electron chi connectivity index (χ1n) is 8.06. The Labute approximate surface area is 147 Å². The summed E-state index contributed by atoms with van der Waals surface area (Å²) in [6.07, 6.45) is 4.17. The van der Waals surface area contributed by atoms with E-state index in [4.69, 9.17) is 0 Å². The van der Waals surface area contributed by atoms with E-state index in [9.17, 15) is 9.59 Å². The molecule has 0 heterocycles. The van der Waals surface area contributed by atoms with Gasteiger partial charge in [-0.2, -0.15) is 5.10 Å². The third kappa shape index (κ3) is 6.06. The van der Waals surface area contributed by atoms with Crippen LogP contribution in [0.4, 0.5) is 5.69 Å². The molecular weight excluding hydrogens is 314 g/mol. The van der Waals surface area contributed by atoms with Gasteiger partial charge < -0.3 is 5.32 Å². The third-order valence-electron chi connectivity index (χ3n) is 3.40. The minimum absolute atomic E-state index is 0.0670. The second-order valence-corrected chi connectivity index (χ2v) is 5.42. The number of hydrogen-bond acceptors (Lipinski definition) is 3. The molecule has 0 saturated heterocycles. The van der Waals surface area contributed by atoms with Crippen LogP contribution in [0.3, 0.4) is 0 Å². The molecule has 0 radical (unpaired) electrons. The Morgan fingerprint density at radius 1 is 1.04 bits per heavy atom. The van der Waals surface area contributed by atoms with Crippen molar-refractivity contribution in [3.05, 3.63) is 71.8 Å². The molecule has 0 unspecified atom stereocenters. The van der Waals surface area contributed by atoms with Gasteiger partial charge in [-0.15, -0.1) is 0 Å². The van der Waals surface area contributed by atoms with Gasteiger partial charge in [0, 0.05) is 17.7 Å². The van der Waals surface area contributed by atoms with Gasteiger partial charge in [0.25, 0.3) is 5.91 Å². The van der Waals surface area contributed by atoms with Crippen LogP contribution in [0.15, 0.2) is 65.8 Å². The van der Waals surface area contributed by atoms with E-state index in [1.807, 2.05) is 49.4 Å². The second-order valence-electron chi connectivity index (χ2n) is 5.42. The van der Waals surface area contributed by atoms with Crippen molar-refractivity contribution in [2.24, 2.45) is 5.10 Å². The minimum Gasteiger partial charge on any atom is -0.326 e. The first kappa shape index (κ1) is 18.1. The predicted molar refractivity (Wildman–Crippen MR) is 101 cm³/mol. The zero-order chi connectivity index (χ0) is 18.1. The number of carbonyl (C=O) groups excluding carboxylic acids is 2. The highest BCUT2D eigenvalue weighted by Crippen LogP contribution is 2.10.